The molecule has 1 saturated heterocycles. The molecular weight excluding hydrogens is 176 g/mol. The van der Waals surface area contributed by atoms with Gasteiger partial charge in [-0.2, -0.15) is 0 Å². The summed E-state index contributed by atoms with van der Waals surface area (Å²) in [5.74, 6) is 0.744. The lowest BCUT2D eigenvalue weighted by molar-refractivity contribution is 0.474. The number of sulfone groups is 1. The third kappa shape index (κ3) is 2.81. The van der Waals surface area contributed by atoms with Crippen molar-refractivity contribution in [1.82, 2.24) is 4.90 Å². The Bertz CT molecular complexity index is 271. The number of hydrogen-bond acceptors (Lipinski definition) is 3. The zero-order chi connectivity index (χ0) is 9.19. The lowest BCUT2D eigenvalue weighted by atomic mass is 10.4. The molecule has 0 bridgehead atoms. The van der Waals surface area contributed by atoms with Crippen LogP contribution in [0.1, 0.15) is 12.8 Å². The van der Waals surface area contributed by atoms with Crippen LogP contribution in [0.2, 0.25) is 0 Å². The summed E-state index contributed by atoms with van der Waals surface area (Å²) in [5, 5.41) is 7.44. The van der Waals surface area contributed by atoms with Gasteiger partial charge in [0.2, 0.25) is 0 Å². The molecule has 0 aromatic heterocycles. The van der Waals surface area contributed by atoms with Crippen LogP contribution >= 0.6 is 0 Å². The maximum atomic E-state index is 10.8. The van der Waals surface area contributed by atoms with E-state index in [1.165, 1.54) is 6.26 Å². The largest absolute Gasteiger partial charge is 0.360 e. The van der Waals surface area contributed by atoms with E-state index in [1.807, 2.05) is 4.90 Å². The molecule has 70 valence electrons. The van der Waals surface area contributed by atoms with Gasteiger partial charge < -0.3 is 4.90 Å². The molecule has 0 amide bonds. The van der Waals surface area contributed by atoms with Crippen molar-refractivity contribution >= 4 is 15.7 Å². The van der Waals surface area contributed by atoms with E-state index in [0.717, 1.165) is 19.4 Å². The maximum Gasteiger partial charge on any atom is 0.149 e. The number of nitrogens with one attached hydrogen (secondary N) is 1. The summed E-state index contributed by atoms with van der Waals surface area (Å²) in [6.07, 6.45) is 3.01. The average Bonchev–Trinajstić information content (AvgIpc) is 2.29. The summed E-state index contributed by atoms with van der Waals surface area (Å²) in [6, 6.07) is 0. The smallest absolute Gasteiger partial charge is 0.149 e. The molecule has 1 heterocycles. The molecule has 0 saturated carbocycles. The molecule has 0 aliphatic carbocycles. The molecule has 1 aliphatic heterocycles. The molecule has 0 radical (unpaired) electrons. The van der Waals surface area contributed by atoms with Gasteiger partial charge in [-0.05, 0) is 6.42 Å². The first kappa shape index (κ1) is 9.51. The van der Waals surface area contributed by atoms with Crippen molar-refractivity contribution in [1.29, 1.82) is 5.41 Å². The van der Waals surface area contributed by atoms with E-state index < -0.39 is 9.84 Å². The molecule has 4 nitrogen and oxygen atoms in total. The molecule has 0 aromatic rings. The van der Waals surface area contributed by atoms with Crippen molar-refractivity contribution in [2.24, 2.45) is 0 Å². The van der Waals surface area contributed by atoms with Gasteiger partial charge in [0.25, 0.3) is 0 Å². The van der Waals surface area contributed by atoms with Crippen molar-refractivity contribution in [2.45, 2.75) is 12.8 Å². The third-order valence-corrected chi connectivity index (χ3v) is 2.88. The molecule has 0 unspecified atom stereocenters. The Hall–Kier alpha value is -0.580. The Morgan fingerprint density at radius 1 is 1.58 bits per heavy atom. The Morgan fingerprint density at radius 3 is 2.67 bits per heavy atom. The van der Waals surface area contributed by atoms with Crippen LogP contribution in [0.5, 0.6) is 0 Å². The molecule has 12 heavy (non-hydrogen) atoms. The molecule has 0 atom stereocenters. The van der Waals surface area contributed by atoms with Crippen LogP contribution in [0.4, 0.5) is 0 Å². The maximum absolute atomic E-state index is 10.8. The second kappa shape index (κ2) is 3.43. The van der Waals surface area contributed by atoms with Crippen LogP contribution in [0, 0.1) is 5.41 Å². The van der Waals surface area contributed by atoms with Crippen molar-refractivity contribution in [3.8, 4) is 0 Å². The fraction of sp³-hybridized carbons (Fsp3) is 0.857. The summed E-state index contributed by atoms with van der Waals surface area (Å²) >= 11 is 0. The highest BCUT2D eigenvalue weighted by molar-refractivity contribution is 7.90. The second-order valence-corrected chi connectivity index (χ2v) is 5.43. The molecule has 0 spiro atoms. The lowest BCUT2D eigenvalue weighted by Gasteiger charge is -2.16. The fourth-order valence-corrected chi connectivity index (χ4v) is 1.81. The van der Waals surface area contributed by atoms with Gasteiger partial charge in [0, 0.05) is 25.8 Å². The van der Waals surface area contributed by atoms with Gasteiger partial charge in [-0.3, -0.25) is 5.41 Å². The summed E-state index contributed by atoms with van der Waals surface area (Å²) in [7, 11) is -2.87. The van der Waals surface area contributed by atoms with E-state index in [-0.39, 0.29) is 5.75 Å². The zero-order valence-electron chi connectivity index (χ0n) is 7.21. The van der Waals surface area contributed by atoms with E-state index in [2.05, 4.69) is 0 Å². The van der Waals surface area contributed by atoms with E-state index in [1.54, 1.807) is 0 Å². The summed E-state index contributed by atoms with van der Waals surface area (Å²) in [4.78, 5) is 1.83. The highest BCUT2D eigenvalue weighted by Crippen LogP contribution is 2.09. The Morgan fingerprint density at radius 2 is 2.25 bits per heavy atom. The summed E-state index contributed by atoms with van der Waals surface area (Å²) in [6.45, 7) is 1.33. The number of amidine groups is 1. The minimum Gasteiger partial charge on any atom is -0.360 e. The zero-order valence-corrected chi connectivity index (χ0v) is 8.02. The van der Waals surface area contributed by atoms with E-state index in [0.29, 0.717) is 12.4 Å². The lowest BCUT2D eigenvalue weighted by Crippen LogP contribution is -2.29. The van der Waals surface area contributed by atoms with E-state index in [9.17, 15) is 8.42 Å². The molecule has 5 heteroatoms. The first-order valence-electron chi connectivity index (χ1n) is 3.99. The van der Waals surface area contributed by atoms with E-state index >= 15 is 0 Å². The van der Waals surface area contributed by atoms with Crippen molar-refractivity contribution in [3.05, 3.63) is 0 Å². The molecule has 1 fully saturated rings. The number of rotatable bonds is 3. The van der Waals surface area contributed by atoms with Gasteiger partial charge >= 0.3 is 0 Å². The molecule has 1 aliphatic rings. The number of likely N-dealkylation sites (tertiary alicyclic amines) is 1. The SMILES string of the molecule is CS(=O)(=O)CCN1CCCC1=N. The van der Waals surface area contributed by atoms with Gasteiger partial charge in [0.15, 0.2) is 0 Å². The Balaban J connectivity index is 2.37. The predicted octanol–water partition coefficient (Wildman–Crippen LogP) is 0.104. The van der Waals surface area contributed by atoms with Crippen LogP contribution in [0.15, 0.2) is 0 Å². The monoisotopic (exact) mass is 190 g/mol. The summed E-state index contributed by atoms with van der Waals surface area (Å²) < 4.78 is 21.6. The highest BCUT2D eigenvalue weighted by Gasteiger charge is 2.17. The minimum atomic E-state index is -2.87. The van der Waals surface area contributed by atoms with Gasteiger partial charge in [-0.25, -0.2) is 8.42 Å². The van der Waals surface area contributed by atoms with Gasteiger partial charge in [-0.15, -0.1) is 0 Å². The first-order valence-corrected chi connectivity index (χ1v) is 6.05. The Kier molecular flexibility index (Phi) is 2.72. The molecule has 1 N–H and O–H groups in total. The van der Waals surface area contributed by atoms with Gasteiger partial charge in [-0.1, -0.05) is 0 Å². The minimum absolute atomic E-state index is 0.162. The summed E-state index contributed by atoms with van der Waals surface area (Å²) in [5.41, 5.74) is 0. The van der Waals surface area contributed by atoms with Crippen molar-refractivity contribution < 1.29 is 8.42 Å². The van der Waals surface area contributed by atoms with Crippen molar-refractivity contribution in [2.75, 3.05) is 25.1 Å². The predicted molar refractivity (Wildman–Crippen MR) is 48.2 cm³/mol. The normalized spacial score (nSPS) is 18.8. The molecule has 0 aromatic carbocycles. The Labute approximate surface area is 73.0 Å². The third-order valence-electron chi connectivity index (χ3n) is 1.96. The fourth-order valence-electron chi connectivity index (χ4n) is 1.25. The van der Waals surface area contributed by atoms with Crippen LogP contribution in [0.25, 0.3) is 0 Å². The van der Waals surface area contributed by atoms with Crippen molar-refractivity contribution in [3.63, 3.8) is 0 Å². The average molecular weight is 190 g/mol. The van der Waals surface area contributed by atoms with Crippen LogP contribution in [-0.2, 0) is 9.84 Å². The second-order valence-electron chi connectivity index (χ2n) is 3.17. The topological polar surface area (TPSA) is 61.2 Å². The van der Waals surface area contributed by atoms with Gasteiger partial charge in [0.1, 0.15) is 9.84 Å². The number of hydrogen-bond donors (Lipinski definition) is 1. The van der Waals surface area contributed by atoms with E-state index in [4.69, 9.17) is 5.41 Å². The van der Waals surface area contributed by atoms with Crippen LogP contribution in [0.3, 0.4) is 0 Å². The van der Waals surface area contributed by atoms with Gasteiger partial charge in [0.05, 0.1) is 11.6 Å². The molecular formula is C7H14N2O2S. The van der Waals surface area contributed by atoms with Crippen LogP contribution < -0.4 is 0 Å². The number of nitrogens with zero attached hydrogens (tertiary/aromatic N) is 1. The quantitative estimate of drug-likeness (QED) is 0.686. The van der Waals surface area contributed by atoms with Crippen LogP contribution in [-0.4, -0.2) is 44.3 Å². The first-order chi connectivity index (χ1) is 5.49. The molecule has 1 rings (SSSR count). The standard InChI is InChI=1S/C7H14N2O2S/c1-12(10,11)6-5-9-4-2-3-7(9)8/h8H,2-6H2,1H3. The highest BCUT2D eigenvalue weighted by atomic mass is 32.2.